The molecule has 1 aliphatic heterocycles. The van der Waals surface area contributed by atoms with Crippen molar-refractivity contribution in [3.05, 3.63) is 57.6 Å². The molecule has 2 nitrogen and oxygen atoms in total. The molecular formula is C18H22As2Cl2N2. The van der Waals surface area contributed by atoms with Gasteiger partial charge in [0.2, 0.25) is 0 Å². The Hall–Kier alpha value is -0.263. The fourth-order valence-corrected chi connectivity index (χ4v) is 23.5. The summed E-state index contributed by atoms with van der Waals surface area (Å²) in [4.78, 5) is 0. The van der Waals surface area contributed by atoms with Crippen LogP contribution in [0.25, 0.3) is 0 Å². The Balaban J connectivity index is 2.00. The Morgan fingerprint density at radius 1 is 0.583 bits per heavy atom. The van der Waals surface area contributed by atoms with Gasteiger partial charge in [0, 0.05) is 0 Å². The first-order chi connectivity index (χ1) is 11.2. The van der Waals surface area contributed by atoms with Crippen LogP contribution in [0.5, 0.6) is 0 Å². The Kier molecular flexibility index (Phi) is 5.25. The predicted molar refractivity (Wildman–Crippen MR) is 109 cm³/mol. The normalized spacial score (nSPS) is 20.3. The van der Waals surface area contributed by atoms with E-state index in [1.165, 1.54) is 44.8 Å². The van der Waals surface area contributed by atoms with Crippen molar-refractivity contribution in [2.75, 3.05) is 5.47 Å². The molecule has 6 heteroatoms. The summed E-state index contributed by atoms with van der Waals surface area (Å²) in [7, 11) is 13.9. The van der Waals surface area contributed by atoms with Crippen LogP contribution in [0.3, 0.4) is 0 Å². The molecule has 0 amide bonds. The van der Waals surface area contributed by atoms with E-state index in [4.69, 9.17) is 19.9 Å². The van der Waals surface area contributed by atoms with Crippen LogP contribution in [0.2, 0.25) is 0 Å². The number of hydrogen-bond donors (Lipinski definition) is 0. The van der Waals surface area contributed by atoms with Gasteiger partial charge in [0.15, 0.2) is 0 Å². The first-order valence-corrected chi connectivity index (χ1v) is 16.2. The van der Waals surface area contributed by atoms with Crippen molar-refractivity contribution in [1.29, 1.82) is 0 Å². The molecule has 1 saturated heterocycles. The van der Waals surface area contributed by atoms with Crippen LogP contribution < -0.4 is 5.47 Å². The molecule has 1 fully saturated rings. The molecule has 2 aromatic rings. The van der Waals surface area contributed by atoms with Crippen LogP contribution in [-0.2, 0) is 0 Å². The molecule has 3 rings (SSSR count). The summed E-state index contributed by atoms with van der Waals surface area (Å²) < 4.78 is 4.76. The quantitative estimate of drug-likeness (QED) is 0.530. The third-order valence-electron chi connectivity index (χ3n) is 4.30. The molecule has 128 valence electrons. The van der Waals surface area contributed by atoms with E-state index in [-0.39, 0.29) is 0 Å². The van der Waals surface area contributed by atoms with Crippen LogP contribution in [0.1, 0.15) is 33.4 Å². The first-order valence-electron chi connectivity index (χ1n) is 7.89. The molecule has 1 heterocycles. The third kappa shape index (κ3) is 3.01. The third-order valence-corrected chi connectivity index (χ3v) is 23.9. The van der Waals surface area contributed by atoms with E-state index >= 15 is 0 Å². The number of rotatable bonds is 2. The molecule has 0 radical (unpaired) electrons. The number of anilines is 2. The van der Waals surface area contributed by atoms with Crippen LogP contribution in [0.4, 0.5) is 11.4 Å². The zero-order valence-electron chi connectivity index (χ0n) is 14.9. The molecule has 24 heavy (non-hydrogen) atoms. The fraction of sp³-hybridized carbons (Fsp3) is 0.333. The van der Waals surface area contributed by atoms with Gasteiger partial charge in [-0.1, -0.05) is 0 Å². The topological polar surface area (TPSA) is 6.48 Å². The van der Waals surface area contributed by atoms with Crippen molar-refractivity contribution < 1.29 is 0 Å². The van der Waals surface area contributed by atoms with Gasteiger partial charge in [-0.2, -0.15) is 0 Å². The molecular weight excluding hydrogens is 465 g/mol. The van der Waals surface area contributed by atoms with E-state index in [1.807, 2.05) is 0 Å². The molecule has 0 unspecified atom stereocenters. The van der Waals surface area contributed by atoms with E-state index in [2.05, 4.69) is 71.3 Å². The van der Waals surface area contributed by atoms with Crippen molar-refractivity contribution >= 4 is 59.6 Å². The van der Waals surface area contributed by atoms with Gasteiger partial charge in [-0.15, -0.1) is 0 Å². The first kappa shape index (κ1) is 18.5. The second-order valence-corrected chi connectivity index (χ2v) is 18.0. The average Bonchev–Trinajstić information content (AvgIpc) is 2.46. The zero-order chi connectivity index (χ0) is 17.8. The van der Waals surface area contributed by atoms with Crippen molar-refractivity contribution in [3.63, 3.8) is 0 Å². The van der Waals surface area contributed by atoms with Crippen molar-refractivity contribution in [3.8, 4) is 0 Å². The van der Waals surface area contributed by atoms with Gasteiger partial charge in [0.05, 0.1) is 0 Å². The molecule has 2 aromatic carbocycles. The SMILES string of the molecule is Cc1cc(C)c(N2[As](Cl)N(c3c(C)cc(C)cc3C)[As]2Cl)c(C)c1. The molecule has 0 spiro atoms. The van der Waals surface area contributed by atoms with E-state index in [9.17, 15) is 0 Å². The molecule has 0 aliphatic carbocycles. The minimum absolute atomic E-state index is 1.27. The zero-order valence-corrected chi connectivity index (χ0v) is 20.1. The van der Waals surface area contributed by atoms with Crippen molar-refractivity contribution in [2.45, 2.75) is 41.5 Å². The number of hydrogen-bond acceptors (Lipinski definition) is 2. The average molecular weight is 487 g/mol. The molecule has 0 bridgehead atoms. The number of aryl methyl sites for hydroxylation is 6. The molecule has 1 aliphatic rings. The van der Waals surface area contributed by atoms with E-state index in [0.29, 0.717) is 0 Å². The molecule has 0 atom stereocenters. The Morgan fingerprint density at radius 2 is 0.833 bits per heavy atom. The monoisotopic (exact) mass is 486 g/mol. The van der Waals surface area contributed by atoms with Gasteiger partial charge < -0.3 is 0 Å². The summed E-state index contributed by atoms with van der Waals surface area (Å²) in [5.74, 6) is 0. The van der Waals surface area contributed by atoms with E-state index in [1.54, 1.807) is 0 Å². The number of benzene rings is 2. The molecule has 0 aromatic heterocycles. The Bertz CT molecular complexity index is 688. The summed E-state index contributed by atoms with van der Waals surface area (Å²) in [6.45, 7) is 12.9. The second kappa shape index (κ2) is 6.80. The summed E-state index contributed by atoms with van der Waals surface area (Å²) in [6.07, 6.45) is 0. The fourth-order valence-electron chi connectivity index (χ4n) is 3.56. The van der Waals surface area contributed by atoms with E-state index in [0.717, 1.165) is 0 Å². The standard InChI is InChI=1S/C18H22As2Cl2N2/c1-11-7-13(3)17(14(4)8-11)23-19(21)24(20(23)22)18-15(5)9-12(2)10-16(18)6/h7-10H,1-6H3. The number of halogens is 2. The second-order valence-electron chi connectivity index (χ2n) is 6.55. The maximum absolute atomic E-state index is 6.96. The van der Waals surface area contributed by atoms with Gasteiger partial charge in [-0.05, 0) is 0 Å². The van der Waals surface area contributed by atoms with Crippen molar-refractivity contribution in [2.24, 2.45) is 0 Å². The van der Waals surface area contributed by atoms with Crippen LogP contribution in [0.15, 0.2) is 24.3 Å². The van der Waals surface area contributed by atoms with Gasteiger partial charge in [-0.25, -0.2) is 0 Å². The van der Waals surface area contributed by atoms with E-state index < -0.39 is 28.3 Å². The van der Waals surface area contributed by atoms with Crippen molar-refractivity contribution in [1.82, 2.24) is 0 Å². The number of nitrogens with zero attached hydrogens (tertiary/aromatic N) is 2. The summed E-state index contributed by atoms with van der Waals surface area (Å²) in [5, 5.41) is 0. The summed E-state index contributed by atoms with van der Waals surface area (Å²) in [5.41, 5.74) is 10.2. The Morgan fingerprint density at radius 3 is 1.08 bits per heavy atom. The van der Waals surface area contributed by atoms with Gasteiger partial charge in [0.25, 0.3) is 0 Å². The van der Waals surface area contributed by atoms with Crippen LogP contribution >= 0.6 is 19.9 Å². The Labute approximate surface area is 163 Å². The van der Waals surface area contributed by atoms with Gasteiger partial charge >= 0.3 is 164 Å². The van der Waals surface area contributed by atoms with Gasteiger partial charge in [0.1, 0.15) is 0 Å². The predicted octanol–water partition coefficient (Wildman–Crippen LogP) is 5.31. The summed E-state index contributed by atoms with van der Waals surface area (Å²) in [6, 6.07) is 8.91. The molecule has 0 saturated carbocycles. The van der Waals surface area contributed by atoms with Crippen LogP contribution in [0, 0.1) is 41.5 Å². The molecule has 0 N–H and O–H groups in total. The van der Waals surface area contributed by atoms with Gasteiger partial charge in [-0.3, -0.25) is 0 Å². The summed E-state index contributed by atoms with van der Waals surface area (Å²) >= 11 is -3.72. The van der Waals surface area contributed by atoms with Crippen LogP contribution in [-0.4, -0.2) is 28.3 Å². The minimum atomic E-state index is -1.86. The maximum atomic E-state index is 6.96.